The van der Waals surface area contributed by atoms with E-state index in [1.165, 1.54) is 19.1 Å². The van der Waals surface area contributed by atoms with Gasteiger partial charge in [-0.3, -0.25) is 19.9 Å². The highest BCUT2D eigenvalue weighted by Gasteiger charge is 2.24. The lowest BCUT2D eigenvalue weighted by atomic mass is 10.1. The topological polar surface area (TPSA) is 134 Å². The molecule has 3 rings (SSSR count). The minimum absolute atomic E-state index is 0.0213. The fourth-order valence-corrected chi connectivity index (χ4v) is 4.27. The van der Waals surface area contributed by atoms with Crippen molar-refractivity contribution in [3.8, 4) is 10.6 Å². The van der Waals surface area contributed by atoms with Crippen LogP contribution >= 0.6 is 22.9 Å². The molecule has 0 bridgehead atoms. The van der Waals surface area contributed by atoms with Gasteiger partial charge >= 0.3 is 12.1 Å². The molecule has 0 saturated heterocycles. The van der Waals surface area contributed by atoms with E-state index in [4.69, 9.17) is 21.4 Å². The van der Waals surface area contributed by atoms with E-state index < -0.39 is 35.6 Å². The second kappa shape index (κ2) is 13.7. The van der Waals surface area contributed by atoms with Crippen molar-refractivity contribution in [2.45, 2.75) is 38.8 Å². The van der Waals surface area contributed by atoms with Gasteiger partial charge in [0.2, 0.25) is 11.0 Å². The molecule has 0 saturated carbocycles. The van der Waals surface area contributed by atoms with Gasteiger partial charge in [-0.2, -0.15) is 0 Å². The molecule has 1 heterocycles. The molecule has 0 unspecified atom stereocenters. The van der Waals surface area contributed by atoms with E-state index >= 15 is 0 Å². The highest BCUT2D eigenvalue weighted by Crippen LogP contribution is 2.27. The summed E-state index contributed by atoms with van der Waals surface area (Å²) in [6, 6.07) is 9.76. The molecular formula is C24H24ClF2N5O5S. The van der Waals surface area contributed by atoms with Crippen LogP contribution in [0.4, 0.5) is 18.7 Å². The maximum absolute atomic E-state index is 14.1. The lowest BCUT2D eigenvalue weighted by Crippen LogP contribution is -2.50. The summed E-state index contributed by atoms with van der Waals surface area (Å²) in [6.07, 6.45) is -0.722. The SMILES string of the molecule is CC(=O)N(NCc1cccc(F)c1F)[C@@H](CCCC(=O)O)COC(=O)Nc1nnc(-c2ccc(Cl)cc2)s1. The summed E-state index contributed by atoms with van der Waals surface area (Å²) < 4.78 is 32.9. The van der Waals surface area contributed by atoms with Gasteiger partial charge in [-0.1, -0.05) is 47.2 Å². The highest BCUT2D eigenvalue weighted by molar-refractivity contribution is 7.18. The zero-order chi connectivity index (χ0) is 27.7. The third-order valence-electron chi connectivity index (χ3n) is 5.24. The van der Waals surface area contributed by atoms with Crippen molar-refractivity contribution in [2.75, 3.05) is 11.9 Å². The smallest absolute Gasteiger partial charge is 0.413 e. The van der Waals surface area contributed by atoms with Crippen molar-refractivity contribution in [1.29, 1.82) is 0 Å². The van der Waals surface area contributed by atoms with Gasteiger partial charge in [0.1, 0.15) is 11.6 Å². The van der Waals surface area contributed by atoms with Crippen LogP contribution in [0.3, 0.4) is 0 Å². The number of ether oxygens (including phenoxy) is 1. The van der Waals surface area contributed by atoms with Crippen molar-refractivity contribution in [3.05, 3.63) is 64.7 Å². The number of carboxylic acid groups (broad SMARTS) is 1. The van der Waals surface area contributed by atoms with Gasteiger partial charge in [0.15, 0.2) is 11.6 Å². The Balaban J connectivity index is 1.64. The number of rotatable bonds is 12. The van der Waals surface area contributed by atoms with E-state index in [2.05, 4.69) is 20.9 Å². The van der Waals surface area contributed by atoms with Gasteiger partial charge in [-0.05, 0) is 31.0 Å². The van der Waals surface area contributed by atoms with Crippen LogP contribution in [-0.2, 0) is 20.9 Å². The number of aromatic nitrogens is 2. The summed E-state index contributed by atoms with van der Waals surface area (Å²) in [6.45, 7) is 0.689. The van der Waals surface area contributed by atoms with Crippen LogP contribution < -0.4 is 10.7 Å². The Kier molecular flexibility index (Phi) is 10.4. The Morgan fingerprint density at radius 2 is 1.89 bits per heavy atom. The summed E-state index contributed by atoms with van der Waals surface area (Å²) >= 11 is 7.00. The molecule has 0 aliphatic rings. The number of amides is 2. The number of carboxylic acids is 1. The Bertz CT molecular complexity index is 1280. The van der Waals surface area contributed by atoms with Crippen molar-refractivity contribution >= 4 is 46.0 Å². The summed E-state index contributed by atoms with van der Waals surface area (Å²) in [5.41, 5.74) is 3.46. The predicted molar refractivity (Wildman–Crippen MR) is 136 cm³/mol. The van der Waals surface area contributed by atoms with E-state index in [0.717, 1.165) is 28.0 Å². The molecule has 0 radical (unpaired) electrons. The largest absolute Gasteiger partial charge is 0.481 e. The highest BCUT2D eigenvalue weighted by atomic mass is 35.5. The molecule has 2 amide bonds. The number of carbonyl (C=O) groups excluding carboxylic acids is 2. The predicted octanol–water partition coefficient (Wildman–Crippen LogP) is 4.86. The number of anilines is 1. The van der Waals surface area contributed by atoms with E-state index in [1.54, 1.807) is 24.3 Å². The summed E-state index contributed by atoms with van der Waals surface area (Å²) in [5.74, 6) is -3.62. The fraction of sp³-hybridized carbons (Fsp3) is 0.292. The van der Waals surface area contributed by atoms with Crippen LogP contribution in [0.2, 0.25) is 5.02 Å². The van der Waals surface area contributed by atoms with Crippen molar-refractivity contribution in [2.24, 2.45) is 0 Å². The first kappa shape index (κ1) is 28.9. The number of hydrogen-bond acceptors (Lipinski definition) is 8. The van der Waals surface area contributed by atoms with E-state index in [9.17, 15) is 23.2 Å². The average Bonchev–Trinajstić information content (AvgIpc) is 3.33. The molecule has 14 heteroatoms. The zero-order valence-electron chi connectivity index (χ0n) is 20.1. The standard InChI is InChI=1S/C24H24ClF2N5O5S/c1-14(33)32(28-12-16-4-2-6-19(26)21(16)27)18(5-3-7-20(34)35)13-37-24(36)29-23-31-30-22(38-23)15-8-10-17(25)11-9-15/h2,4,6,8-11,18,28H,3,5,7,12-13H2,1H3,(H,34,35)(H,29,31,36)/t18-/m0/s1. The monoisotopic (exact) mass is 567 g/mol. The molecule has 202 valence electrons. The van der Waals surface area contributed by atoms with Gasteiger partial charge in [0.25, 0.3) is 0 Å². The zero-order valence-corrected chi connectivity index (χ0v) is 21.7. The molecule has 0 aliphatic carbocycles. The first-order valence-electron chi connectivity index (χ1n) is 11.3. The van der Waals surface area contributed by atoms with Gasteiger partial charge in [-0.15, -0.1) is 10.2 Å². The van der Waals surface area contributed by atoms with E-state index in [1.807, 2.05) is 0 Å². The summed E-state index contributed by atoms with van der Waals surface area (Å²) in [4.78, 5) is 35.7. The van der Waals surface area contributed by atoms with Crippen LogP contribution in [0.25, 0.3) is 10.6 Å². The molecule has 1 atom stereocenters. The van der Waals surface area contributed by atoms with Crippen molar-refractivity contribution in [3.63, 3.8) is 0 Å². The summed E-state index contributed by atoms with van der Waals surface area (Å²) in [7, 11) is 0. The maximum Gasteiger partial charge on any atom is 0.413 e. The van der Waals surface area contributed by atoms with E-state index in [0.29, 0.717) is 10.0 Å². The molecule has 3 aromatic rings. The molecule has 1 aromatic heterocycles. The van der Waals surface area contributed by atoms with Crippen molar-refractivity contribution in [1.82, 2.24) is 20.6 Å². The van der Waals surface area contributed by atoms with Gasteiger partial charge in [0, 0.05) is 36.0 Å². The van der Waals surface area contributed by atoms with Crippen molar-refractivity contribution < 1.29 is 33.0 Å². The second-order valence-electron chi connectivity index (χ2n) is 8.02. The number of hydrogen-bond donors (Lipinski definition) is 3. The number of carbonyl (C=O) groups is 3. The molecule has 0 spiro atoms. The Hall–Kier alpha value is -3.68. The Morgan fingerprint density at radius 1 is 1.16 bits per heavy atom. The molecule has 3 N–H and O–H groups in total. The van der Waals surface area contributed by atoms with Crippen LogP contribution in [0, 0.1) is 11.6 Å². The first-order valence-corrected chi connectivity index (χ1v) is 12.5. The number of hydrazine groups is 1. The third kappa shape index (κ3) is 8.43. The van der Waals surface area contributed by atoms with E-state index in [-0.39, 0.29) is 43.1 Å². The lowest BCUT2D eigenvalue weighted by Gasteiger charge is -2.31. The second-order valence-corrected chi connectivity index (χ2v) is 9.43. The number of halogens is 3. The van der Waals surface area contributed by atoms with Crippen LogP contribution in [0.1, 0.15) is 31.7 Å². The van der Waals surface area contributed by atoms with Gasteiger partial charge in [0.05, 0.1) is 6.04 Å². The lowest BCUT2D eigenvalue weighted by molar-refractivity contribution is -0.137. The molecular weight excluding hydrogens is 544 g/mol. The molecule has 10 nitrogen and oxygen atoms in total. The quantitative estimate of drug-likeness (QED) is 0.264. The third-order valence-corrected chi connectivity index (χ3v) is 6.38. The van der Waals surface area contributed by atoms with Gasteiger partial charge in [-0.25, -0.2) is 19.0 Å². The minimum Gasteiger partial charge on any atom is -0.481 e. The molecule has 2 aromatic carbocycles. The fourth-order valence-electron chi connectivity index (χ4n) is 3.41. The number of benzene rings is 2. The summed E-state index contributed by atoms with van der Waals surface area (Å²) in [5, 5.41) is 21.8. The Morgan fingerprint density at radius 3 is 2.58 bits per heavy atom. The van der Waals surface area contributed by atoms with Crippen LogP contribution in [0.15, 0.2) is 42.5 Å². The van der Waals surface area contributed by atoms with Gasteiger partial charge < -0.3 is 9.84 Å². The maximum atomic E-state index is 14.1. The number of nitrogens with zero attached hydrogens (tertiary/aromatic N) is 3. The minimum atomic E-state index is -1.06. The van der Waals surface area contributed by atoms with Crippen LogP contribution in [0.5, 0.6) is 0 Å². The number of aliphatic carboxylic acids is 1. The number of nitrogens with one attached hydrogen (secondary N) is 2. The molecule has 38 heavy (non-hydrogen) atoms. The first-order chi connectivity index (χ1) is 18.1. The Labute approximate surface area is 225 Å². The molecule has 0 fully saturated rings. The normalized spacial score (nSPS) is 11.6. The van der Waals surface area contributed by atoms with Crippen LogP contribution in [-0.4, -0.2) is 50.9 Å². The molecule has 0 aliphatic heterocycles. The average molecular weight is 568 g/mol.